The van der Waals surface area contributed by atoms with Gasteiger partial charge in [-0.05, 0) is 29.3 Å². The quantitative estimate of drug-likeness (QED) is 0.652. The van der Waals surface area contributed by atoms with Crippen molar-refractivity contribution >= 4 is 5.96 Å². The van der Waals surface area contributed by atoms with E-state index in [0.717, 1.165) is 24.8 Å². The van der Waals surface area contributed by atoms with Gasteiger partial charge in [-0.3, -0.25) is 4.99 Å². The Morgan fingerprint density at radius 1 is 1.10 bits per heavy atom. The lowest BCUT2D eigenvalue weighted by Gasteiger charge is -2.11. The Hall–Kier alpha value is -2.43. The summed E-state index contributed by atoms with van der Waals surface area (Å²) in [5.74, 6) is 1.65. The number of aliphatic imine (C=N–C) groups is 1. The predicted octanol–water partition coefficient (Wildman–Crippen LogP) is 1.90. The number of nitrogens with one attached hydrogen (secondary N) is 2. The molecule has 0 aliphatic carbocycles. The van der Waals surface area contributed by atoms with Crippen LogP contribution in [0.25, 0.3) is 0 Å². The van der Waals surface area contributed by atoms with E-state index in [1.807, 2.05) is 42.1 Å². The van der Waals surface area contributed by atoms with Gasteiger partial charge in [0.25, 0.3) is 0 Å². The number of hydrogen-bond donors (Lipinski definition) is 2. The van der Waals surface area contributed by atoms with E-state index < -0.39 is 0 Å². The molecule has 5 nitrogen and oxygen atoms in total. The fraction of sp³-hybridized carbons (Fsp3) is 0.312. The van der Waals surface area contributed by atoms with Gasteiger partial charge < -0.3 is 19.9 Å². The molecule has 0 aliphatic heterocycles. The van der Waals surface area contributed by atoms with Crippen molar-refractivity contribution in [2.75, 3.05) is 14.2 Å². The van der Waals surface area contributed by atoms with Crippen molar-refractivity contribution in [2.24, 2.45) is 12.0 Å². The highest BCUT2D eigenvalue weighted by molar-refractivity contribution is 5.79. The van der Waals surface area contributed by atoms with Crippen LogP contribution < -0.4 is 15.4 Å². The van der Waals surface area contributed by atoms with Crippen molar-refractivity contribution in [3.8, 4) is 5.75 Å². The smallest absolute Gasteiger partial charge is 0.191 e. The third-order valence-corrected chi connectivity index (χ3v) is 3.20. The summed E-state index contributed by atoms with van der Waals surface area (Å²) in [4.78, 5) is 4.22. The van der Waals surface area contributed by atoms with Crippen LogP contribution in [-0.2, 0) is 20.1 Å². The highest BCUT2D eigenvalue weighted by Gasteiger charge is 2.00. The fourth-order valence-electron chi connectivity index (χ4n) is 2.00. The van der Waals surface area contributed by atoms with Crippen molar-refractivity contribution in [3.05, 3.63) is 53.9 Å². The second-order valence-corrected chi connectivity index (χ2v) is 4.81. The van der Waals surface area contributed by atoms with Crippen LogP contribution in [-0.4, -0.2) is 24.7 Å². The van der Waals surface area contributed by atoms with Crippen LogP contribution in [0.15, 0.2) is 47.7 Å². The normalized spacial score (nSPS) is 11.3. The van der Waals surface area contributed by atoms with E-state index in [2.05, 4.69) is 27.9 Å². The summed E-state index contributed by atoms with van der Waals surface area (Å²) in [6.45, 7) is 1.47. The first-order valence-electron chi connectivity index (χ1n) is 6.89. The first-order valence-corrected chi connectivity index (χ1v) is 6.89. The van der Waals surface area contributed by atoms with Gasteiger partial charge in [-0.2, -0.15) is 0 Å². The summed E-state index contributed by atoms with van der Waals surface area (Å²) in [5.41, 5.74) is 2.41. The average Bonchev–Trinajstić information content (AvgIpc) is 2.93. The Morgan fingerprint density at radius 2 is 1.76 bits per heavy atom. The molecular formula is C16H22N4O. The van der Waals surface area contributed by atoms with Crippen LogP contribution >= 0.6 is 0 Å². The number of guanidine groups is 1. The molecule has 1 aromatic heterocycles. The van der Waals surface area contributed by atoms with Gasteiger partial charge in [0.1, 0.15) is 5.75 Å². The number of methoxy groups -OCH3 is 1. The number of aryl methyl sites for hydroxylation is 1. The molecule has 0 spiro atoms. The first kappa shape index (κ1) is 15.0. The maximum atomic E-state index is 5.15. The summed E-state index contributed by atoms with van der Waals surface area (Å²) in [5, 5.41) is 6.58. The van der Waals surface area contributed by atoms with Crippen LogP contribution in [0.4, 0.5) is 0 Å². The van der Waals surface area contributed by atoms with Gasteiger partial charge in [0, 0.05) is 39.6 Å². The minimum absolute atomic E-state index is 0.721. The lowest BCUT2D eigenvalue weighted by molar-refractivity contribution is 0.414. The van der Waals surface area contributed by atoms with Gasteiger partial charge >= 0.3 is 0 Å². The molecule has 0 bridgehead atoms. The zero-order chi connectivity index (χ0) is 15.1. The molecule has 0 fully saturated rings. The average molecular weight is 286 g/mol. The Balaban J connectivity index is 1.81. The van der Waals surface area contributed by atoms with Crippen molar-refractivity contribution in [1.82, 2.24) is 15.2 Å². The van der Waals surface area contributed by atoms with Crippen molar-refractivity contribution in [3.63, 3.8) is 0 Å². The largest absolute Gasteiger partial charge is 0.497 e. The number of rotatable bonds is 5. The van der Waals surface area contributed by atoms with Gasteiger partial charge in [0.05, 0.1) is 7.11 Å². The molecule has 0 saturated heterocycles. The molecule has 5 heteroatoms. The summed E-state index contributed by atoms with van der Waals surface area (Å²) < 4.78 is 7.18. The standard InChI is InChI=1S/C16H22N4O/c1-17-16(19-11-14-8-9-20(2)12-14)18-10-13-4-6-15(21-3)7-5-13/h4-9,12H,10-11H2,1-3H3,(H2,17,18,19). The van der Waals surface area contributed by atoms with Crippen LogP contribution in [0.5, 0.6) is 5.75 Å². The third-order valence-electron chi connectivity index (χ3n) is 3.20. The Labute approximate surface area is 125 Å². The van der Waals surface area contributed by atoms with Crippen LogP contribution in [0.2, 0.25) is 0 Å². The third kappa shape index (κ3) is 4.56. The maximum Gasteiger partial charge on any atom is 0.191 e. The van der Waals surface area contributed by atoms with E-state index >= 15 is 0 Å². The molecular weight excluding hydrogens is 264 g/mol. The molecule has 0 aliphatic rings. The molecule has 2 rings (SSSR count). The van der Waals surface area contributed by atoms with E-state index in [1.165, 1.54) is 11.1 Å². The van der Waals surface area contributed by atoms with Crippen LogP contribution in [0.1, 0.15) is 11.1 Å². The Kier molecular flexibility index (Phi) is 5.26. The van der Waals surface area contributed by atoms with Gasteiger partial charge in [0.15, 0.2) is 5.96 Å². The van der Waals surface area contributed by atoms with E-state index in [-0.39, 0.29) is 0 Å². The highest BCUT2D eigenvalue weighted by atomic mass is 16.5. The summed E-state index contributed by atoms with van der Waals surface area (Å²) in [7, 11) is 5.46. The molecule has 0 radical (unpaired) electrons. The van der Waals surface area contributed by atoms with E-state index in [9.17, 15) is 0 Å². The van der Waals surface area contributed by atoms with Crippen LogP contribution in [0.3, 0.4) is 0 Å². The van der Waals surface area contributed by atoms with Gasteiger partial charge in [-0.15, -0.1) is 0 Å². The van der Waals surface area contributed by atoms with Gasteiger partial charge in [0.2, 0.25) is 0 Å². The molecule has 2 aromatic rings. The Bertz CT molecular complexity index is 587. The number of nitrogens with zero attached hydrogens (tertiary/aromatic N) is 2. The SMILES string of the molecule is CN=C(NCc1ccc(OC)cc1)NCc1ccn(C)c1. The summed E-state index contributed by atoms with van der Waals surface area (Å²) in [6.07, 6.45) is 4.12. The van der Waals surface area contributed by atoms with E-state index in [0.29, 0.717) is 0 Å². The zero-order valence-corrected chi connectivity index (χ0v) is 12.8. The monoisotopic (exact) mass is 286 g/mol. The minimum atomic E-state index is 0.721. The number of hydrogen-bond acceptors (Lipinski definition) is 2. The number of ether oxygens (including phenoxy) is 1. The molecule has 0 amide bonds. The van der Waals surface area contributed by atoms with E-state index in [4.69, 9.17) is 4.74 Å². The zero-order valence-electron chi connectivity index (χ0n) is 12.8. The maximum absolute atomic E-state index is 5.15. The Morgan fingerprint density at radius 3 is 2.29 bits per heavy atom. The first-order chi connectivity index (χ1) is 10.2. The highest BCUT2D eigenvalue weighted by Crippen LogP contribution is 2.10. The molecule has 2 N–H and O–H groups in total. The number of aromatic nitrogens is 1. The minimum Gasteiger partial charge on any atom is -0.497 e. The predicted molar refractivity (Wildman–Crippen MR) is 85.4 cm³/mol. The van der Waals surface area contributed by atoms with Crippen molar-refractivity contribution < 1.29 is 4.74 Å². The van der Waals surface area contributed by atoms with Crippen molar-refractivity contribution in [1.29, 1.82) is 0 Å². The van der Waals surface area contributed by atoms with E-state index in [1.54, 1.807) is 14.2 Å². The number of benzene rings is 1. The second kappa shape index (κ2) is 7.38. The molecule has 0 saturated carbocycles. The molecule has 1 heterocycles. The second-order valence-electron chi connectivity index (χ2n) is 4.81. The van der Waals surface area contributed by atoms with Gasteiger partial charge in [-0.1, -0.05) is 12.1 Å². The fourth-order valence-corrected chi connectivity index (χ4v) is 2.00. The lowest BCUT2D eigenvalue weighted by atomic mass is 10.2. The molecule has 1 aromatic carbocycles. The van der Waals surface area contributed by atoms with Gasteiger partial charge in [-0.25, -0.2) is 0 Å². The lowest BCUT2D eigenvalue weighted by Crippen LogP contribution is -2.36. The molecule has 0 unspecified atom stereocenters. The molecule has 112 valence electrons. The topological polar surface area (TPSA) is 50.6 Å². The van der Waals surface area contributed by atoms with Crippen molar-refractivity contribution in [2.45, 2.75) is 13.1 Å². The molecule has 0 atom stereocenters. The summed E-state index contributed by atoms with van der Waals surface area (Å²) >= 11 is 0. The molecule has 21 heavy (non-hydrogen) atoms. The summed E-state index contributed by atoms with van der Waals surface area (Å²) in [6, 6.07) is 10.1. The van der Waals surface area contributed by atoms with Crippen LogP contribution in [0, 0.1) is 0 Å².